The maximum Gasteiger partial charge on any atom is 0.119 e. The molecule has 0 spiro atoms. The van der Waals surface area contributed by atoms with Gasteiger partial charge in [0.1, 0.15) is 5.75 Å². The number of hydrogen-bond donors (Lipinski definition) is 1. The van der Waals surface area contributed by atoms with Crippen LogP contribution in [0.4, 0.5) is 0 Å². The molecule has 0 bridgehead atoms. The van der Waals surface area contributed by atoms with Crippen LogP contribution in [0, 0.1) is 0 Å². The molecule has 0 fully saturated rings. The first-order valence-electron chi connectivity index (χ1n) is 7.23. The van der Waals surface area contributed by atoms with E-state index in [1.165, 1.54) is 23.1 Å². The molecule has 1 atom stereocenters. The average Bonchev–Trinajstić information content (AvgIpc) is 2.49. The summed E-state index contributed by atoms with van der Waals surface area (Å²) in [5, 5.41) is 0. The molecule has 1 aromatic carbocycles. The van der Waals surface area contributed by atoms with Crippen molar-refractivity contribution in [1.29, 1.82) is 0 Å². The Hall–Kier alpha value is -1.87. The largest absolute Gasteiger partial charge is 0.493 e. The van der Waals surface area contributed by atoms with Gasteiger partial charge in [-0.25, -0.2) is 0 Å². The van der Waals surface area contributed by atoms with E-state index in [2.05, 4.69) is 23.2 Å². The molecule has 3 heteroatoms. The van der Waals surface area contributed by atoms with E-state index >= 15 is 0 Å². The van der Waals surface area contributed by atoms with Gasteiger partial charge in [-0.15, -0.1) is 0 Å². The first kappa shape index (κ1) is 13.1. The third-order valence-corrected chi connectivity index (χ3v) is 3.89. The summed E-state index contributed by atoms with van der Waals surface area (Å²) in [5.74, 6) is 0.926. The van der Waals surface area contributed by atoms with Crippen LogP contribution >= 0.6 is 0 Å². The van der Waals surface area contributed by atoms with Crippen LogP contribution in [-0.2, 0) is 12.8 Å². The normalized spacial score (nSPS) is 17.6. The van der Waals surface area contributed by atoms with Crippen molar-refractivity contribution in [2.45, 2.75) is 31.7 Å². The van der Waals surface area contributed by atoms with E-state index in [0.717, 1.165) is 25.0 Å². The van der Waals surface area contributed by atoms with Crippen molar-refractivity contribution in [1.82, 2.24) is 4.98 Å². The zero-order valence-electron chi connectivity index (χ0n) is 11.6. The molecule has 3 rings (SSSR count). The molecular formula is C17H20N2O. The Morgan fingerprint density at radius 3 is 2.90 bits per heavy atom. The van der Waals surface area contributed by atoms with Crippen LogP contribution < -0.4 is 10.5 Å². The zero-order chi connectivity index (χ0) is 13.8. The SMILES string of the molecule is NC1CCCc2ccc(OCCc3ccncc3)cc21. The standard InChI is InChI=1S/C17H20N2O/c18-17-3-1-2-14-4-5-15(12-16(14)17)20-11-8-13-6-9-19-10-7-13/h4-7,9-10,12,17H,1-3,8,11,18H2. The number of aromatic nitrogens is 1. The minimum Gasteiger partial charge on any atom is -0.493 e. The third-order valence-electron chi connectivity index (χ3n) is 3.89. The molecule has 20 heavy (non-hydrogen) atoms. The highest BCUT2D eigenvalue weighted by molar-refractivity contribution is 5.39. The number of ether oxygens (including phenoxy) is 1. The molecule has 0 saturated heterocycles. The molecule has 104 valence electrons. The molecule has 0 saturated carbocycles. The van der Waals surface area contributed by atoms with Crippen LogP contribution in [0.5, 0.6) is 5.75 Å². The molecular weight excluding hydrogens is 248 g/mol. The lowest BCUT2D eigenvalue weighted by molar-refractivity contribution is 0.321. The van der Waals surface area contributed by atoms with Crippen LogP contribution in [0.3, 0.4) is 0 Å². The van der Waals surface area contributed by atoms with Gasteiger partial charge >= 0.3 is 0 Å². The smallest absolute Gasteiger partial charge is 0.119 e. The summed E-state index contributed by atoms with van der Waals surface area (Å²) in [6.07, 6.45) is 7.93. The van der Waals surface area contributed by atoms with Crippen LogP contribution in [0.2, 0.25) is 0 Å². The van der Waals surface area contributed by atoms with Gasteiger partial charge < -0.3 is 10.5 Å². The summed E-state index contributed by atoms with van der Waals surface area (Å²) < 4.78 is 5.85. The highest BCUT2D eigenvalue weighted by Gasteiger charge is 2.17. The van der Waals surface area contributed by atoms with Crippen LogP contribution in [0.1, 0.15) is 35.6 Å². The Labute approximate surface area is 119 Å². The topological polar surface area (TPSA) is 48.1 Å². The maximum absolute atomic E-state index is 6.17. The second kappa shape index (κ2) is 6.06. The third kappa shape index (κ3) is 2.99. The van der Waals surface area contributed by atoms with Crippen LogP contribution in [0.15, 0.2) is 42.7 Å². The fraction of sp³-hybridized carbons (Fsp3) is 0.353. The van der Waals surface area contributed by atoms with E-state index in [4.69, 9.17) is 10.5 Å². The predicted octanol–water partition coefficient (Wildman–Crippen LogP) is 3.04. The number of fused-ring (bicyclic) bond motifs is 1. The summed E-state index contributed by atoms with van der Waals surface area (Å²) in [6, 6.07) is 10.5. The molecule has 1 aliphatic rings. The van der Waals surface area contributed by atoms with Crippen molar-refractivity contribution in [2.75, 3.05) is 6.61 Å². The first-order valence-corrected chi connectivity index (χ1v) is 7.23. The Balaban J connectivity index is 1.62. The fourth-order valence-corrected chi connectivity index (χ4v) is 2.74. The number of pyridine rings is 1. The molecule has 1 aromatic heterocycles. The Bertz CT molecular complexity index is 568. The van der Waals surface area contributed by atoms with Crippen LogP contribution in [-0.4, -0.2) is 11.6 Å². The van der Waals surface area contributed by atoms with Gasteiger partial charge in [0.05, 0.1) is 6.61 Å². The summed E-state index contributed by atoms with van der Waals surface area (Å²) in [6.45, 7) is 0.679. The van der Waals surface area contributed by atoms with Gasteiger partial charge in [0, 0.05) is 24.9 Å². The Kier molecular flexibility index (Phi) is 3.97. The molecule has 2 N–H and O–H groups in total. The number of nitrogens with zero attached hydrogens (tertiary/aromatic N) is 1. The van der Waals surface area contributed by atoms with E-state index in [1.54, 1.807) is 0 Å². The van der Waals surface area contributed by atoms with E-state index in [-0.39, 0.29) is 6.04 Å². The summed E-state index contributed by atoms with van der Waals surface area (Å²) >= 11 is 0. The monoisotopic (exact) mass is 268 g/mol. The minimum absolute atomic E-state index is 0.169. The van der Waals surface area contributed by atoms with Crippen molar-refractivity contribution in [3.63, 3.8) is 0 Å². The number of benzene rings is 1. The quantitative estimate of drug-likeness (QED) is 0.927. The van der Waals surface area contributed by atoms with E-state index in [1.807, 2.05) is 24.5 Å². The van der Waals surface area contributed by atoms with Gasteiger partial charge in [-0.05, 0) is 60.2 Å². The molecule has 1 unspecified atom stereocenters. The number of nitrogens with two attached hydrogens (primary N) is 1. The summed E-state index contributed by atoms with van der Waals surface area (Å²) in [5.41, 5.74) is 10.1. The van der Waals surface area contributed by atoms with Crippen molar-refractivity contribution in [3.8, 4) is 5.75 Å². The molecule has 0 radical (unpaired) electrons. The van der Waals surface area contributed by atoms with Gasteiger partial charge in [-0.2, -0.15) is 0 Å². The van der Waals surface area contributed by atoms with Crippen molar-refractivity contribution in [2.24, 2.45) is 5.73 Å². The molecule has 1 aliphatic carbocycles. The molecule has 0 aliphatic heterocycles. The van der Waals surface area contributed by atoms with E-state index in [0.29, 0.717) is 6.61 Å². The van der Waals surface area contributed by atoms with Gasteiger partial charge in [0.25, 0.3) is 0 Å². The molecule has 0 amide bonds. The van der Waals surface area contributed by atoms with E-state index in [9.17, 15) is 0 Å². The van der Waals surface area contributed by atoms with E-state index < -0.39 is 0 Å². The van der Waals surface area contributed by atoms with Crippen molar-refractivity contribution in [3.05, 3.63) is 59.4 Å². The Morgan fingerprint density at radius 2 is 2.05 bits per heavy atom. The van der Waals surface area contributed by atoms with Gasteiger partial charge in [0.15, 0.2) is 0 Å². The van der Waals surface area contributed by atoms with Gasteiger partial charge in [-0.3, -0.25) is 4.98 Å². The number of rotatable bonds is 4. The molecule has 2 aromatic rings. The second-order valence-electron chi connectivity index (χ2n) is 5.31. The molecule has 1 heterocycles. The maximum atomic E-state index is 6.17. The first-order chi connectivity index (χ1) is 9.83. The zero-order valence-corrected chi connectivity index (χ0v) is 11.6. The van der Waals surface area contributed by atoms with Gasteiger partial charge in [-0.1, -0.05) is 6.07 Å². The highest BCUT2D eigenvalue weighted by Crippen LogP contribution is 2.30. The molecule has 3 nitrogen and oxygen atoms in total. The summed E-state index contributed by atoms with van der Waals surface area (Å²) in [4.78, 5) is 4.01. The fourth-order valence-electron chi connectivity index (χ4n) is 2.74. The second-order valence-corrected chi connectivity index (χ2v) is 5.31. The predicted molar refractivity (Wildman–Crippen MR) is 79.7 cm³/mol. The number of aryl methyl sites for hydroxylation is 1. The highest BCUT2D eigenvalue weighted by atomic mass is 16.5. The lowest BCUT2D eigenvalue weighted by Gasteiger charge is -2.22. The average molecular weight is 268 g/mol. The summed E-state index contributed by atoms with van der Waals surface area (Å²) in [7, 11) is 0. The number of hydrogen-bond acceptors (Lipinski definition) is 3. The van der Waals surface area contributed by atoms with Crippen molar-refractivity contribution < 1.29 is 4.74 Å². The minimum atomic E-state index is 0.169. The lowest BCUT2D eigenvalue weighted by Crippen LogP contribution is -2.17. The van der Waals surface area contributed by atoms with Crippen LogP contribution in [0.25, 0.3) is 0 Å². The van der Waals surface area contributed by atoms with Crippen molar-refractivity contribution >= 4 is 0 Å². The lowest BCUT2D eigenvalue weighted by atomic mass is 9.88. The van der Waals surface area contributed by atoms with Gasteiger partial charge in [0.2, 0.25) is 0 Å². The Morgan fingerprint density at radius 1 is 1.20 bits per heavy atom.